The lowest BCUT2D eigenvalue weighted by molar-refractivity contribution is 0.414. The van der Waals surface area contributed by atoms with Gasteiger partial charge in [0.15, 0.2) is 0 Å². The van der Waals surface area contributed by atoms with Crippen LogP contribution < -0.4 is 15.4 Å². The molecule has 1 fully saturated rings. The van der Waals surface area contributed by atoms with Crippen LogP contribution in [0, 0.1) is 0 Å². The maximum atomic E-state index is 5.31. The fraction of sp³-hybridized carbons (Fsp3) is 0.318. The van der Waals surface area contributed by atoms with Crippen LogP contribution in [-0.4, -0.2) is 28.1 Å². The summed E-state index contributed by atoms with van der Waals surface area (Å²) in [7, 11) is 1.68. The summed E-state index contributed by atoms with van der Waals surface area (Å²) >= 11 is 0. The van der Waals surface area contributed by atoms with E-state index in [1.807, 2.05) is 42.5 Å². The summed E-state index contributed by atoms with van der Waals surface area (Å²) in [4.78, 5) is 13.8. The van der Waals surface area contributed by atoms with Gasteiger partial charge >= 0.3 is 0 Å². The van der Waals surface area contributed by atoms with Crippen LogP contribution in [0.25, 0.3) is 11.4 Å². The number of ether oxygens (including phenoxy) is 1. The number of pyridine rings is 1. The zero-order valence-corrected chi connectivity index (χ0v) is 16.1. The Balaban J connectivity index is 1.57. The summed E-state index contributed by atoms with van der Waals surface area (Å²) < 4.78 is 5.31. The minimum atomic E-state index is 0.449. The SMILES string of the molecule is COc1cccc(CNc2cc(-c3ccccn3)nc(NC3CCCC3)n2)c1. The van der Waals surface area contributed by atoms with E-state index in [1.54, 1.807) is 13.3 Å². The van der Waals surface area contributed by atoms with Crippen LogP contribution in [0.1, 0.15) is 31.2 Å². The van der Waals surface area contributed by atoms with E-state index in [0.29, 0.717) is 18.5 Å². The Morgan fingerprint density at radius 1 is 1.00 bits per heavy atom. The number of nitrogens with one attached hydrogen (secondary N) is 2. The van der Waals surface area contributed by atoms with E-state index >= 15 is 0 Å². The van der Waals surface area contributed by atoms with Gasteiger partial charge < -0.3 is 15.4 Å². The molecule has 1 aromatic carbocycles. The highest BCUT2D eigenvalue weighted by atomic mass is 16.5. The smallest absolute Gasteiger partial charge is 0.225 e. The second-order valence-corrected chi connectivity index (χ2v) is 7.01. The average molecular weight is 375 g/mol. The van der Waals surface area contributed by atoms with E-state index in [-0.39, 0.29) is 0 Å². The van der Waals surface area contributed by atoms with Gasteiger partial charge in [0.1, 0.15) is 11.6 Å². The quantitative estimate of drug-likeness (QED) is 0.633. The number of hydrogen-bond donors (Lipinski definition) is 2. The molecule has 144 valence electrons. The molecule has 4 rings (SSSR count). The molecule has 0 spiro atoms. The topological polar surface area (TPSA) is 72.0 Å². The number of nitrogens with zero attached hydrogens (tertiary/aromatic N) is 3. The minimum Gasteiger partial charge on any atom is -0.497 e. The number of methoxy groups -OCH3 is 1. The Bertz CT molecular complexity index is 910. The van der Waals surface area contributed by atoms with Crippen LogP contribution in [0.4, 0.5) is 11.8 Å². The number of hydrogen-bond acceptors (Lipinski definition) is 6. The van der Waals surface area contributed by atoms with Gasteiger partial charge in [-0.1, -0.05) is 31.0 Å². The Morgan fingerprint density at radius 2 is 1.89 bits per heavy atom. The number of aromatic nitrogens is 3. The molecule has 2 aromatic heterocycles. The summed E-state index contributed by atoms with van der Waals surface area (Å²) in [5, 5.41) is 6.91. The summed E-state index contributed by atoms with van der Waals surface area (Å²) in [6.07, 6.45) is 6.65. The van der Waals surface area contributed by atoms with Gasteiger partial charge in [0.05, 0.1) is 18.5 Å². The van der Waals surface area contributed by atoms with Gasteiger partial charge in [-0.05, 0) is 42.7 Å². The zero-order valence-electron chi connectivity index (χ0n) is 16.1. The lowest BCUT2D eigenvalue weighted by atomic mass is 10.2. The van der Waals surface area contributed by atoms with Gasteiger partial charge in [0, 0.05) is 24.8 Å². The summed E-state index contributed by atoms with van der Waals surface area (Å²) in [6, 6.07) is 16.3. The Labute approximate surface area is 165 Å². The van der Waals surface area contributed by atoms with E-state index in [0.717, 1.165) is 28.5 Å². The van der Waals surface area contributed by atoms with Gasteiger partial charge in [-0.15, -0.1) is 0 Å². The van der Waals surface area contributed by atoms with Crippen molar-refractivity contribution in [1.82, 2.24) is 15.0 Å². The predicted octanol–water partition coefficient (Wildman–Crippen LogP) is 4.51. The first-order valence-corrected chi connectivity index (χ1v) is 9.74. The lowest BCUT2D eigenvalue weighted by Gasteiger charge is -2.15. The first-order chi connectivity index (χ1) is 13.8. The average Bonchev–Trinajstić information content (AvgIpc) is 3.26. The van der Waals surface area contributed by atoms with E-state index < -0.39 is 0 Å². The fourth-order valence-corrected chi connectivity index (χ4v) is 3.48. The minimum absolute atomic E-state index is 0.449. The van der Waals surface area contributed by atoms with Gasteiger partial charge in [-0.3, -0.25) is 4.98 Å². The molecule has 6 heteroatoms. The molecule has 28 heavy (non-hydrogen) atoms. The Kier molecular flexibility index (Phi) is 5.66. The Hall–Kier alpha value is -3.15. The third-order valence-corrected chi connectivity index (χ3v) is 4.95. The molecule has 0 aliphatic heterocycles. The zero-order chi connectivity index (χ0) is 19.2. The molecule has 0 amide bonds. The van der Waals surface area contributed by atoms with Crippen molar-refractivity contribution in [3.63, 3.8) is 0 Å². The van der Waals surface area contributed by atoms with E-state index in [1.165, 1.54) is 25.7 Å². The maximum absolute atomic E-state index is 5.31. The van der Waals surface area contributed by atoms with E-state index in [2.05, 4.69) is 26.7 Å². The third-order valence-electron chi connectivity index (χ3n) is 4.95. The monoisotopic (exact) mass is 375 g/mol. The highest BCUT2D eigenvalue weighted by Crippen LogP contribution is 2.24. The molecule has 6 nitrogen and oxygen atoms in total. The van der Waals surface area contributed by atoms with Crippen molar-refractivity contribution >= 4 is 11.8 Å². The molecular weight excluding hydrogens is 350 g/mol. The first-order valence-electron chi connectivity index (χ1n) is 9.74. The fourth-order valence-electron chi connectivity index (χ4n) is 3.48. The summed E-state index contributed by atoms with van der Waals surface area (Å²) in [6.45, 7) is 0.652. The molecule has 0 atom stereocenters. The van der Waals surface area contributed by atoms with Crippen LogP contribution in [0.5, 0.6) is 5.75 Å². The largest absolute Gasteiger partial charge is 0.497 e. The van der Waals surface area contributed by atoms with Crippen molar-refractivity contribution in [3.05, 3.63) is 60.3 Å². The lowest BCUT2D eigenvalue weighted by Crippen LogP contribution is -2.17. The van der Waals surface area contributed by atoms with Crippen LogP contribution in [-0.2, 0) is 6.54 Å². The summed E-state index contributed by atoms with van der Waals surface area (Å²) in [5.41, 5.74) is 2.77. The number of anilines is 2. The molecule has 0 saturated heterocycles. The standard InChI is InChI=1S/C22H25N5O/c1-28-18-10-6-7-16(13-18)15-24-21-14-20(19-11-4-5-12-23-19)26-22(27-21)25-17-8-2-3-9-17/h4-7,10-14,17H,2-3,8-9,15H2,1H3,(H2,24,25,26,27). The van der Waals surface area contributed by atoms with Crippen LogP contribution in [0.2, 0.25) is 0 Å². The van der Waals surface area contributed by atoms with Crippen molar-refractivity contribution in [2.75, 3.05) is 17.7 Å². The van der Waals surface area contributed by atoms with E-state index in [4.69, 9.17) is 9.72 Å². The van der Waals surface area contributed by atoms with Gasteiger partial charge in [-0.2, -0.15) is 4.98 Å². The van der Waals surface area contributed by atoms with Crippen molar-refractivity contribution in [2.24, 2.45) is 0 Å². The van der Waals surface area contributed by atoms with Crippen molar-refractivity contribution in [1.29, 1.82) is 0 Å². The van der Waals surface area contributed by atoms with E-state index in [9.17, 15) is 0 Å². The maximum Gasteiger partial charge on any atom is 0.225 e. The van der Waals surface area contributed by atoms with Gasteiger partial charge in [0.2, 0.25) is 5.95 Å². The number of benzene rings is 1. The third kappa shape index (κ3) is 4.57. The van der Waals surface area contributed by atoms with Crippen molar-refractivity contribution in [2.45, 2.75) is 38.3 Å². The highest BCUT2D eigenvalue weighted by Gasteiger charge is 2.17. The Morgan fingerprint density at radius 3 is 2.68 bits per heavy atom. The summed E-state index contributed by atoms with van der Waals surface area (Å²) in [5.74, 6) is 2.28. The normalized spacial score (nSPS) is 14.0. The molecule has 3 aromatic rings. The molecule has 2 N–H and O–H groups in total. The first kappa shape index (κ1) is 18.2. The molecule has 1 saturated carbocycles. The molecule has 0 unspecified atom stereocenters. The molecule has 2 heterocycles. The van der Waals surface area contributed by atoms with Crippen molar-refractivity contribution in [3.8, 4) is 17.1 Å². The van der Waals surface area contributed by atoms with Crippen molar-refractivity contribution < 1.29 is 4.74 Å². The highest BCUT2D eigenvalue weighted by molar-refractivity contribution is 5.61. The molecule has 1 aliphatic rings. The predicted molar refractivity (Wildman–Crippen MR) is 111 cm³/mol. The van der Waals surface area contributed by atoms with Crippen LogP contribution in [0.3, 0.4) is 0 Å². The van der Waals surface area contributed by atoms with Gasteiger partial charge in [-0.25, -0.2) is 4.98 Å². The molecule has 1 aliphatic carbocycles. The molecular formula is C22H25N5O. The molecule has 0 bridgehead atoms. The second kappa shape index (κ2) is 8.69. The molecule has 0 radical (unpaired) electrons. The number of rotatable bonds is 7. The van der Waals surface area contributed by atoms with Crippen LogP contribution >= 0.6 is 0 Å². The van der Waals surface area contributed by atoms with Gasteiger partial charge in [0.25, 0.3) is 0 Å². The van der Waals surface area contributed by atoms with Crippen LogP contribution in [0.15, 0.2) is 54.7 Å². The second-order valence-electron chi connectivity index (χ2n) is 7.01.